The SMILES string of the molecule is Cc1oc(C)c2c1C(=O)N(C)C2=O. The van der Waals surface area contributed by atoms with Crippen molar-refractivity contribution in [3.05, 3.63) is 22.6 Å². The Balaban J connectivity index is 2.75. The molecule has 0 spiro atoms. The Morgan fingerprint density at radius 1 is 1.00 bits per heavy atom. The van der Waals surface area contributed by atoms with E-state index in [1.807, 2.05) is 0 Å². The third-order valence-corrected chi connectivity index (χ3v) is 2.30. The van der Waals surface area contributed by atoms with Gasteiger partial charge in [0.15, 0.2) is 0 Å². The van der Waals surface area contributed by atoms with Crippen LogP contribution in [0.4, 0.5) is 0 Å². The minimum atomic E-state index is -0.269. The van der Waals surface area contributed by atoms with Gasteiger partial charge in [-0.25, -0.2) is 0 Å². The van der Waals surface area contributed by atoms with Gasteiger partial charge in [-0.05, 0) is 13.8 Å². The van der Waals surface area contributed by atoms with Crippen molar-refractivity contribution >= 4 is 11.8 Å². The zero-order valence-electron chi connectivity index (χ0n) is 7.67. The lowest BCUT2D eigenvalue weighted by Gasteiger charge is -2.04. The van der Waals surface area contributed by atoms with Crippen LogP contribution in [-0.4, -0.2) is 23.8 Å². The van der Waals surface area contributed by atoms with E-state index in [1.54, 1.807) is 13.8 Å². The van der Waals surface area contributed by atoms with Gasteiger partial charge < -0.3 is 4.42 Å². The smallest absolute Gasteiger partial charge is 0.264 e. The van der Waals surface area contributed by atoms with Gasteiger partial charge in [-0.15, -0.1) is 0 Å². The maximum atomic E-state index is 11.5. The van der Waals surface area contributed by atoms with Crippen molar-refractivity contribution in [3.63, 3.8) is 0 Å². The molecule has 13 heavy (non-hydrogen) atoms. The highest BCUT2D eigenvalue weighted by molar-refractivity contribution is 6.22. The number of nitrogens with zero attached hydrogens (tertiary/aromatic N) is 1. The second kappa shape index (κ2) is 2.22. The van der Waals surface area contributed by atoms with Crippen LogP contribution < -0.4 is 0 Å². The van der Waals surface area contributed by atoms with Gasteiger partial charge in [0.05, 0.1) is 11.1 Å². The van der Waals surface area contributed by atoms with Crippen molar-refractivity contribution in [1.82, 2.24) is 4.90 Å². The van der Waals surface area contributed by atoms with Crippen LogP contribution in [0.25, 0.3) is 0 Å². The highest BCUT2D eigenvalue weighted by Gasteiger charge is 2.38. The molecular weight excluding hydrogens is 170 g/mol. The average Bonchev–Trinajstić information content (AvgIpc) is 2.47. The fourth-order valence-electron chi connectivity index (χ4n) is 1.63. The average molecular weight is 179 g/mol. The minimum absolute atomic E-state index is 0.269. The molecule has 0 fully saturated rings. The van der Waals surface area contributed by atoms with Crippen molar-refractivity contribution in [1.29, 1.82) is 0 Å². The van der Waals surface area contributed by atoms with E-state index in [0.717, 1.165) is 4.90 Å². The lowest BCUT2D eigenvalue weighted by molar-refractivity contribution is 0.0689. The van der Waals surface area contributed by atoms with E-state index in [9.17, 15) is 9.59 Å². The van der Waals surface area contributed by atoms with Crippen LogP contribution in [0.3, 0.4) is 0 Å². The Morgan fingerprint density at radius 3 is 1.77 bits per heavy atom. The quantitative estimate of drug-likeness (QED) is 0.561. The lowest BCUT2D eigenvalue weighted by Crippen LogP contribution is -2.25. The molecule has 4 heteroatoms. The summed E-state index contributed by atoms with van der Waals surface area (Å²) in [7, 11) is 1.48. The van der Waals surface area contributed by atoms with E-state index in [4.69, 9.17) is 4.42 Å². The molecule has 0 bridgehead atoms. The molecule has 0 saturated carbocycles. The van der Waals surface area contributed by atoms with Crippen molar-refractivity contribution in [2.75, 3.05) is 7.05 Å². The molecule has 0 atom stereocenters. The molecular formula is C9H9NO3. The molecule has 0 radical (unpaired) electrons. The molecule has 0 aliphatic carbocycles. The number of hydrogen-bond acceptors (Lipinski definition) is 3. The Labute approximate surface area is 75.1 Å². The van der Waals surface area contributed by atoms with E-state index in [1.165, 1.54) is 7.05 Å². The van der Waals surface area contributed by atoms with E-state index >= 15 is 0 Å². The van der Waals surface area contributed by atoms with Crippen molar-refractivity contribution in [2.24, 2.45) is 0 Å². The molecule has 2 rings (SSSR count). The topological polar surface area (TPSA) is 50.5 Å². The predicted molar refractivity (Wildman–Crippen MR) is 44.6 cm³/mol. The van der Waals surface area contributed by atoms with Crippen LogP contribution in [0.1, 0.15) is 32.2 Å². The number of amides is 2. The molecule has 0 unspecified atom stereocenters. The number of furan rings is 1. The summed E-state index contributed by atoms with van der Waals surface area (Å²) in [5.74, 6) is 0.508. The summed E-state index contributed by atoms with van der Waals surface area (Å²) in [4.78, 5) is 24.1. The van der Waals surface area contributed by atoms with Gasteiger partial charge in [-0.2, -0.15) is 0 Å². The summed E-state index contributed by atoms with van der Waals surface area (Å²) in [6.07, 6.45) is 0. The molecule has 4 nitrogen and oxygen atoms in total. The molecule has 0 saturated heterocycles. The summed E-state index contributed by atoms with van der Waals surface area (Å²) < 4.78 is 5.21. The van der Waals surface area contributed by atoms with Crippen LogP contribution in [0, 0.1) is 13.8 Å². The summed E-state index contributed by atoms with van der Waals surface area (Å²) in [5.41, 5.74) is 0.843. The number of carbonyl (C=O) groups is 2. The van der Waals surface area contributed by atoms with E-state index in [-0.39, 0.29) is 11.8 Å². The van der Waals surface area contributed by atoms with Gasteiger partial charge in [0, 0.05) is 7.05 Å². The van der Waals surface area contributed by atoms with Crippen LogP contribution in [0.2, 0.25) is 0 Å². The van der Waals surface area contributed by atoms with Gasteiger partial charge in [0.25, 0.3) is 11.8 Å². The van der Waals surface area contributed by atoms with E-state index in [0.29, 0.717) is 22.6 Å². The Hall–Kier alpha value is -1.58. The molecule has 1 aliphatic heterocycles. The monoisotopic (exact) mass is 179 g/mol. The van der Waals surface area contributed by atoms with Crippen LogP contribution in [0.5, 0.6) is 0 Å². The summed E-state index contributed by atoms with van der Waals surface area (Å²) in [6, 6.07) is 0. The highest BCUT2D eigenvalue weighted by atomic mass is 16.3. The van der Waals surface area contributed by atoms with Crippen molar-refractivity contribution < 1.29 is 14.0 Å². The standard InChI is InChI=1S/C9H9NO3/c1-4-6-7(5(2)13-4)9(12)10(3)8(6)11/h1-3H3. The molecule has 0 aromatic carbocycles. The van der Waals surface area contributed by atoms with Gasteiger partial charge in [0.2, 0.25) is 0 Å². The zero-order chi connectivity index (χ0) is 9.75. The second-order valence-electron chi connectivity index (χ2n) is 3.13. The number of fused-ring (bicyclic) bond motifs is 1. The van der Waals surface area contributed by atoms with Crippen LogP contribution in [-0.2, 0) is 0 Å². The molecule has 1 aromatic heterocycles. The lowest BCUT2D eigenvalue weighted by atomic mass is 10.1. The van der Waals surface area contributed by atoms with Gasteiger partial charge in [0.1, 0.15) is 11.5 Å². The van der Waals surface area contributed by atoms with Crippen molar-refractivity contribution in [3.8, 4) is 0 Å². The first-order valence-electron chi connectivity index (χ1n) is 3.96. The van der Waals surface area contributed by atoms with Gasteiger partial charge >= 0.3 is 0 Å². The first-order chi connectivity index (χ1) is 6.04. The van der Waals surface area contributed by atoms with Crippen LogP contribution >= 0.6 is 0 Å². The first kappa shape index (κ1) is 8.04. The third-order valence-electron chi connectivity index (χ3n) is 2.30. The predicted octanol–water partition coefficient (Wildman–Crippen LogP) is 1.12. The number of rotatable bonds is 0. The summed E-state index contributed by atoms with van der Waals surface area (Å²) in [6.45, 7) is 3.38. The fraction of sp³-hybridized carbons (Fsp3) is 0.333. The minimum Gasteiger partial charge on any atom is -0.465 e. The molecule has 68 valence electrons. The Morgan fingerprint density at radius 2 is 1.38 bits per heavy atom. The maximum absolute atomic E-state index is 11.5. The number of hydrogen-bond donors (Lipinski definition) is 0. The van der Waals surface area contributed by atoms with Gasteiger partial charge in [-0.3, -0.25) is 14.5 Å². The van der Waals surface area contributed by atoms with E-state index in [2.05, 4.69) is 0 Å². The number of aryl methyl sites for hydroxylation is 2. The largest absolute Gasteiger partial charge is 0.465 e. The molecule has 1 aliphatic rings. The number of imide groups is 1. The zero-order valence-corrected chi connectivity index (χ0v) is 7.67. The second-order valence-corrected chi connectivity index (χ2v) is 3.13. The highest BCUT2D eigenvalue weighted by Crippen LogP contribution is 2.29. The first-order valence-corrected chi connectivity index (χ1v) is 3.96. The van der Waals surface area contributed by atoms with E-state index < -0.39 is 0 Å². The van der Waals surface area contributed by atoms with Gasteiger partial charge in [-0.1, -0.05) is 0 Å². The molecule has 2 heterocycles. The van der Waals surface area contributed by atoms with Crippen molar-refractivity contribution in [2.45, 2.75) is 13.8 Å². The summed E-state index contributed by atoms with van der Waals surface area (Å²) in [5, 5.41) is 0. The molecule has 0 N–H and O–H groups in total. The fourth-order valence-corrected chi connectivity index (χ4v) is 1.63. The normalized spacial score (nSPS) is 15.5. The third kappa shape index (κ3) is 0.798. The van der Waals surface area contributed by atoms with Crippen LogP contribution in [0.15, 0.2) is 4.42 Å². The molecule has 2 amide bonds. The summed E-state index contributed by atoms with van der Waals surface area (Å²) >= 11 is 0. The molecule has 1 aromatic rings. The Kier molecular flexibility index (Phi) is 1.37. The Bertz CT molecular complexity index is 380. The maximum Gasteiger partial charge on any atom is 0.264 e. The number of carbonyl (C=O) groups excluding carboxylic acids is 2.